The molecule has 2 aromatic rings. The van der Waals surface area contributed by atoms with E-state index in [4.69, 9.17) is 4.98 Å². The molecule has 0 spiro atoms. The Balaban J connectivity index is 2.07. The number of aryl methyl sites for hydroxylation is 1. The number of fused-ring (bicyclic) bond motifs is 1. The minimum absolute atomic E-state index is 0.315. The monoisotopic (exact) mass is 287 g/mol. The van der Waals surface area contributed by atoms with Gasteiger partial charge in [-0.05, 0) is 43.9 Å². The molecule has 0 fully saturated rings. The second-order valence-corrected chi connectivity index (χ2v) is 7.44. The van der Waals surface area contributed by atoms with Crippen LogP contribution in [0, 0.1) is 12.3 Å². The molecule has 3 nitrogen and oxygen atoms in total. The van der Waals surface area contributed by atoms with Crippen LogP contribution in [0.2, 0.25) is 0 Å². The molecule has 1 aliphatic carbocycles. The standard InChI is InChI=1S/C16H21N3S/c1-10-5-6-18-9-11(10)15-19-13-8-16(2,3)7-12(17-4)14(13)20-15/h5-6,9,12,17H,7-8H2,1-4H3. The fraction of sp³-hybridized carbons (Fsp3) is 0.500. The maximum atomic E-state index is 4.91. The largest absolute Gasteiger partial charge is 0.312 e. The molecule has 0 saturated carbocycles. The number of aromatic nitrogens is 2. The van der Waals surface area contributed by atoms with Gasteiger partial charge in [0.1, 0.15) is 5.01 Å². The Morgan fingerprint density at radius 1 is 1.40 bits per heavy atom. The lowest BCUT2D eigenvalue weighted by Gasteiger charge is -2.34. The van der Waals surface area contributed by atoms with Gasteiger partial charge in [-0.3, -0.25) is 4.98 Å². The molecule has 4 heteroatoms. The van der Waals surface area contributed by atoms with Crippen LogP contribution in [0.1, 0.15) is 42.4 Å². The Kier molecular flexibility index (Phi) is 3.38. The van der Waals surface area contributed by atoms with Crippen molar-refractivity contribution < 1.29 is 0 Å². The zero-order valence-corrected chi connectivity index (χ0v) is 13.3. The predicted molar refractivity (Wildman–Crippen MR) is 84.0 cm³/mol. The molecule has 0 bridgehead atoms. The van der Waals surface area contributed by atoms with Crippen molar-refractivity contribution in [2.24, 2.45) is 5.41 Å². The van der Waals surface area contributed by atoms with Crippen molar-refractivity contribution in [3.63, 3.8) is 0 Å². The van der Waals surface area contributed by atoms with Crippen LogP contribution >= 0.6 is 11.3 Å². The number of rotatable bonds is 2. The Morgan fingerprint density at radius 2 is 2.20 bits per heavy atom. The van der Waals surface area contributed by atoms with E-state index in [1.54, 1.807) is 0 Å². The summed E-state index contributed by atoms with van der Waals surface area (Å²) in [6, 6.07) is 2.48. The quantitative estimate of drug-likeness (QED) is 0.914. The van der Waals surface area contributed by atoms with Crippen LogP contribution in [0.5, 0.6) is 0 Å². The van der Waals surface area contributed by atoms with Gasteiger partial charge in [0.25, 0.3) is 0 Å². The molecule has 1 N–H and O–H groups in total. The van der Waals surface area contributed by atoms with Crippen LogP contribution in [0.3, 0.4) is 0 Å². The lowest BCUT2D eigenvalue weighted by atomic mass is 9.76. The van der Waals surface area contributed by atoms with E-state index in [9.17, 15) is 0 Å². The van der Waals surface area contributed by atoms with Crippen LogP contribution in [0.4, 0.5) is 0 Å². The first-order chi connectivity index (χ1) is 9.50. The molecule has 0 aliphatic heterocycles. The van der Waals surface area contributed by atoms with Crippen molar-refractivity contribution in [1.82, 2.24) is 15.3 Å². The van der Waals surface area contributed by atoms with Crippen LogP contribution < -0.4 is 5.32 Å². The predicted octanol–water partition coefficient (Wildman–Crippen LogP) is 3.75. The summed E-state index contributed by atoms with van der Waals surface area (Å²) in [6.07, 6.45) is 6.01. The van der Waals surface area contributed by atoms with Crippen molar-refractivity contribution in [1.29, 1.82) is 0 Å². The fourth-order valence-electron chi connectivity index (χ4n) is 2.97. The number of thiazole rings is 1. The molecule has 0 amide bonds. The van der Waals surface area contributed by atoms with E-state index in [-0.39, 0.29) is 0 Å². The van der Waals surface area contributed by atoms with Crippen molar-refractivity contribution in [2.45, 2.75) is 39.7 Å². The molecule has 3 rings (SSSR count). The van der Waals surface area contributed by atoms with Gasteiger partial charge in [-0.2, -0.15) is 0 Å². The Morgan fingerprint density at radius 3 is 2.90 bits per heavy atom. The summed E-state index contributed by atoms with van der Waals surface area (Å²) in [4.78, 5) is 10.6. The first-order valence-electron chi connectivity index (χ1n) is 7.08. The number of nitrogens with one attached hydrogen (secondary N) is 1. The van der Waals surface area contributed by atoms with Crippen LogP contribution in [0.15, 0.2) is 18.5 Å². The second kappa shape index (κ2) is 4.93. The Hall–Kier alpha value is -1.26. The van der Waals surface area contributed by atoms with Gasteiger partial charge in [-0.1, -0.05) is 13.8 Å². The van der Waals surface area contributed by atoms with Gasteiger partial charge in [-0.25, -0.2) is 4.98 Å². The summed E-state index contributed by atoms with van der Waals surface area (Å²) in [5.74, 6) is 0. The van der Waals surface area contributed by atoms with Gasteiger partial charge in [0.2, 0.25) is 0 Å². The molecule has 20 heavy (non-hydrogen) atoms. The topological polar surface area (TPSA) is 37.8 Å². The normalized spacial score (nSPS) is 20.7. The first kappa shape index (κ1) is 13.7. The highest BCUT2D eigenvalue weighted by Crippen LogP contribution is 2.44. The van der Waals surface area contributed by atoms with Gasteiger partial charge in [-0.15, -0.1) is 11.3 Å². The molecule has 0 radical (unpaired) electrons. The van der Waals surface area contributed by atoms with E-state index in [1.165, 1.54) is 28.1 Å². The highest BCUT2D eigenvalue weighted by molar-refractivity contribution is 7.15. The molecule has 106 valence electrons. The van der Waals surface area contributed by atoms with E-state index >= 15 is 0 Å². The van der Waals surface area contributed by atoms with Crippen LogP contribution in [-0.4, -0.2) is 17.0 Å². The third kappa shape index (κ3) is 2.38. The third-order valence-corrected chi connectivity index (χ3v) is 5.31. The Labute approximate surface area is 124 Å². The minimum atomic E-state index is 0.315. The Bertz CT molecular complexity index is 630. The van der Waals surface area contributed by atoms with Crippen molar-refractivity contribution in [2.75, 3.05) is 7.05 Å². The zero-order valence-electron chi connectivity index (χ0n) is 12.5. The minimum Gasteiger partial charge on any atom is -0.312 e. The number of hydrogen-bond acceptors (Lipinski definition) is 4. The summed E-state index contributed by atoms with van der Waals surface area (Å²) in [7, 11) is 2.05. The molecule has 1 aliphatic rings. The second-order valence-electron chi connectivity index (χ2n) is 6.41. The van der Waals surface area contributed by atoms with Crippen LogP contribution in [-0.2, 0) is 6.42 Å². The smallest absolute Gasteiger partial charge is 0.125 e. The maximum Gasteiger partial charge on any atom is 0.125 e. The van der Waals surface area contributed by atoms with Gasteiger partial charge < -0.3 is 5.32 Å². The summed E-state index contributed by atoms with van der Waals surface area (Å²) < 4.78 is 0. The van der Waals surface area contributed by atoms with Gasteiger partial charge >= 0.3 is 0 Å². The third-order valence-electron chi connectivity index (χ3n) is 4.06. The summed E-state index contributed by atoms with van der Waals surface area (Å²) in [6.45, 7) is 6.78. The van der Waals surface area contributed by atoms with E-state index in [1.807, 2.05) is 30.8 Å². The summed E-state index contributed by atoms with van der Waals surface area (Å²) >= 11 is 1.82. The summed E-state index contributed by atoms with van der Waals surface area (Å²) in [5, 5.41) is 4.56. The number of pyridine rings is 1. The highest BCUT2D eigenvalue weighted by Gasteiger charge is 2.34. The highest BCUT2D eigenvalue weighted by atomic mass is 32.1. The molecule has 2 heterocycles. The molecule has 0 saturated heterocycles. The van der Waals surface area contributed by atoms with Crippen molar-refractivity contribution in [3.05, 3.63) is 34.6 Å². The SMILES string of the molecule is CNC1CC(C)(C)Cc2nc(-c3cnccc3C)sc21. The van der Waals surface area contributed by atoms with Gasteiger partial charge in [0, 0.05) is 28.9 Å². The molecule has 1 unspecified atom stereocenters. The lowest BCUT2D eigenvalue weighted by Crippen LogP contribution is -2.30. The maximum absolute atomic E-state index is 4.91. The first-order valence-corrected chi connectivity index (χ1v) is 7.90. The molecule has 0 aromatic carbocycles. The molecule has 1 atom stereocenters. The zero-order chi connectivity index (χ0) is 14.3. The van der Waals surface area contributed by atoms with Crippen LogP contribution in [0.25, 0.3) is 10.6 Å². The number of nitrogens with zero attached hydrogens (tertiary/aromatic N) is 2. The van der Waals surface area contributed by atoms with E-state index in [2.05, 4.69) is 37.1 Å². The van der Waals surface area contributed by atoms with Crippen molar-refractivity contribution >= 4 is 11.3 Å². The van der Waals surface area contributed by atoms with Gasteiger partial charge in [0.05, 0.1) is 5.69 Å². The fourth-order valence-corrected chi connectivity index (χ4v) is 4.24. The molecule has 2 aromatic heterocycles. The summed E-state index contributed by atoms with van der Waals surface area (Å²) in [5.41, 5.74) is 3.99. The lowest BCUT2D eigenvalue weighted by molar-refractivity contribution is 0.265. The average molecular weight is 287 g/mol. The van der Waals surface area contributed by atoms with E-state index < -0.39 is 0 Å². The van der Waals surface area contributed by atoms with Crippen molar-refractivity contribution in [3.8, 4) is 10.6 Å². The molecular weight excluding hydrogens is 266 g/mol. The van der Waals surface area contributed by atoms with E-state index in [0.29, 0.717) is 11.5 Å². The number of hydrogen-bond donors (Lipinski definition) is 1. The van der Waals surface area contributed by atoms with Gasteiger partial charge in [0.15, 0.2) is 0 Å². The molecular formula is C16H21N3S. The van der Waals surface area contributed by atoms with E-state index in [0.717, 1.165) is 11.4 Å². The average Bonchev–Trinajstić information content (AvgIpc) is 2.80.